The second-order valence-corrected chi connectivity index (χ2v) is 7.00. The van der Waals surface area contributed by atoms with E-state index >= 15 is 0 Å². The van der Waals surface area contributed by atoms with Gasteiger partial charge in [0.1, 0.15) is 0 Å². The van der Waals surface area contributed by atoms with E-state index in [1.807, 2.05) is 6.07 Å². The predicted octanol–water partition coefficient (Wildman–Crippen LogP) is 2.01. The lowest BCUT2D eigenvalue weighted by atomic mass is 9.92. The number of urea groups is 1. The van der Waals surface area contributed by atoms with Crippen molar-refractivity contribution in [1.82, 2.24) is 15.1 Å². The van der Waals surface area contributed by atoms with Gasteiger partial charge in [0.2, 0.25) is 0 Å². The zero-order chi connectivity index (χ0) is 15.7. The number of hydrogen-bond donors (Lipinski definition) is 2. The number of nitrogens with one attached hydrogen (secondary N) is 1. The Morgan fingerprint density at radius 3 is 2.48 bits per heavy atom. The molecule has 0 unspecified atom stereocenters. The van der Waals surface area contributed by atoms with Gasteiger partial charge in [-0.15, -0.1) is 5.10 Å². The van der Waals surface area contributed by atoms with Crippen LogP contribution in [0.5, 0.6) is 0 Å². The maximum atomic E-state index is 12.1. The molecule has 6 nitrogen and oxygen atoms in total. The van der Waals surface area contributed by atoms with Crippen LogP contribution in [0.3, 0.4) is 0 Å². The number of aromatic nitrogens is 2. The van der Waals surface area contributed by atoms with E-state index in [9.17, 15) is 9.90 Å². The second kappa shape index (κ2) is 5.60. The minimum absolute atomic E-state index is 0.0637. The van der Waals surface area contributed by atoms with Crippen molar-refractivity contribution in [3.8, 4) is 0 Å². The Bertz CT molecular complexity index is 503. The Hall–Kier alpha value is -1.69. The van der Waals surface area contributed by atoms with Crippen LogP contribution in [-0.4, -0.2) is 46.4 Å². The van der Waals surface area contributed by atoms with Crippen LogP contribution in [0.15, 0.2) is 12.1 Å². The minimum Gasteiger partial charge on any atom is -0.396 e. The Labute approximate surface area is 125 Å². The first-order valence-corrected chi connectivity index (χ1v) is 7.23. The highest BCUT2D eigenvalue weighted by molar-refractivity contribution is 5.88. The monoisotopic (exact) mass is 292 g/mol. The second-order valence-electron chi connectivity index (χ2n) is 7.00. The molecule has 0 atom stereocenters. The smallest absolute Gasteiger partial charge is 0.322 e. The SMILES string of the molecule is CN(CC1(CO)CC1)C(=O)Nc1ccc(C(C)(C)C)nn1. The van der Waals surface area contributed by atoms with Crippen LogP contribution in [0.4, 0.5) is 10.6 Å². The number of carbonyl (C=O) groups is 1. The number of rotatable bonds is 4. The molecule has 116 valence electrons. The molecular formula is C15H24N4O2. The summed E-state index contributed by atoms with van der Waals surface area (Å²) in [6, 6.07) is 3.41. The first kappa shape index (κ1) is 15.7. The molecule has 0 aliphatic heterocycles. The molecule has 1 aromatic rings. The third-order valence-electron chi connectivity index (χ3n) is 3.88. The Morgan fingerprint density at radius 1 is 1.38 bits per heavy atom. The number of aliphatic hydroxyl groups is 1. The molecule has 2 rings (SSSR count). The third kappa shape index (κ3) is 3.91. The average Bonchev–Trinajstić information content (AvgIpc) is 3.18. The summed E-state index contributed by atoms with van der Waals surface area (Å²) in [4.78, 5) is 13.7. The first-order chi connectivity index (χ1) is 9.76. The summed E-state index contributed by atoms with van der Waals surface area (Å²) in [5.74, 6) is 0.439. The maximum absolute atomic E-state index is 12.1. The number of aliphatic hydroxyl groups excluding tert-OH is 1. The van der Waals surface area contributed by atoms with E-state index in [1.54, 1.807) is 18.0 Å². The van der Waals surface area contributed by atoms with E-state index in [0.29, 0.717) is 12.4 Å². The molecule has 2 amide bonds. The van der Waals surface area contributed by atoms with E-state index in [-0.39, 0.29) is 23.5 Å². The van der Waals surface area contributed by atoms with Gasteiger partial charge in [-0.05, 0) is 25.0 Å². The van der Waals surface area contributed by atoms with Gasteiger partial charge < -0.3 is 10.0 Å². The van der Waals surface area contributed by atoms with Crippen molar-refractivity contribution in [1.29, 1.82) is 0 Å². The van der Waals surface area contributed by atoms with E-state index in [1.165, 1.54) is 0 Å². The normalized spacial score (nSPS) is 16.4. The molecule has 0 bridgehead atoms. The van der Waals surface area contributed by atoms with E-state index < -0.39 is 0 Å². The summed E-state index contributed by atoms with van der Waals surface area (Å²) in [7, 11) is 1.72. The van der Waals surface area contributed by atoms with Gasteiger partial charge >= 0.3 is 6.03 Å². The Morgan fingerprint density at radius 2 is 2.05 bits per heavy atom. The summed E-state index contributed by atoms with van der Waals surface area (Å²) in [5, 5.41) is 20.2. The van der Waals surface area contributed by atoms with Crippen molar-refractivity contribution in [3.63, 3.8) is 0 Å². The predicted molar refractivity (Wildman–Crippen MR) is 81.1 cm³/mol. The van der Waals surface area contributed by atoms with Gasteiger partial charge in [0, 0.05) is 24.4 Å². The van der Waals surface area contributed by atoms with Gasteiger partial charge in [0.15, 0.2) is 5.82 Å². The molecule has 6 heteroatoms. The highest BCUT2D eigenvalue weighted by atomic mass is 16.3. The van der Waals surface area contributed by atoms with Crippen molar-refractivity contribution in [2.45, 2.75) is 39.0 Å². The zero-order valence-corrected chi connectivity index (χ0v) is 13.2. The van der Waals surface area contributed by atoms with Gasteiger partial charge in [0.05, 0.1) is 12.3 Å². The standard InChI is InChI=1S/C15H24N4O2/c1-14(2,3)11-5-6-12(18-17-11)16-13(21)19(4)9-15(10-20)7-8-15/h5-6,20H,7-10H2,1-4H3,(H,16,18,21). The quantitative estimate of drug-likeness (QED) is 0.890. The van der Waals surface area contributed by atoms with Crippen molar-refractivity contribution in [2.75, 3.05) is 25.5 Å². The molecule has 0 aromatic carbocycles. The molecule has 0 spiro atoms. The summed E-state index contributed by atoms with van der Waals surface area (Å²) >= 11 is 0. The van der Waals surface area contributed by atoms with Gasteiger partial charge in [0.25, 0.3) is 0 Å². The van der Waals surface area contributed by atoms with Crippen molar-refractivity contribution >= 4 is 11.8 Å². The van der Waals surface area contributed by atoms with Gasteiger partial charge in [-0.25, -0.2) is 4.79 Å². The van der Waals surface area contributed by atoms with Crippen molar-refractivity contribution in [3.05, 3.63) is 17.8 Å². The Balaban J connectivity index is 1.93. The fourth-order valence-corrected chi connectivity index (χ4v) is 2.12. The number of hydrogen-bond acceptors (Lipinski definition) is 4. The van der Waals surface area contributed by atoms with E-state index in [2.05, 4.69) is 36.3 Å². The van der Waals surface area contributed by atoms with Crippen LogP contribution in [0.2, 0.25) is 0 Å². The summed E-state index contributed by atoms with van der Waals surface area (Å²) in [6.45, 7) is 6.88. The van der Waals surface area contributed by atoms with Crippen LogP contribution in [0.1, 0.15) is 39.3 Å². The molecule has 1 aliphatic rings. The molecule has 1 saturated carbocycles. The van der Waals surface area contributed by atoms with E-state index in [4.69, 9.17) is 0 Å². The van der Waals surface area contributed by atoms with Gasteiger partial charge in [-0.3, -0.25) is 5.32 Å². The van der Waals surface area contributed by atoms with Crippen LogP contribution in [0, 0.1) is 5.41 Å². The van der Waals surface area contributed by atoms with Gasteiger partial charge in [-0.2, -0.15) is 5.10 Å². The van der Waals surface area contributed by atoms with Crippen LogP contribution >= 0.6 is 0 Å². The van der Waals surface area contributed by atoms with Gasteiger partial charge in [-0.1, -0.05) is 20.8 Å². The molecule has 0 radical (unpaired) electrons. The van der Waals surface area contributed by atoms with Crippen LogP contribution in [-0.2, 0) is 5.41 Å². The van der Waals surface area contributed by atoms with Crippen molar-refractivity contribution < 1.29 is 9.90 Å². The first-order valence-electron chi connectivity index (χ1n) is 7.23. The molecule has 1 fully saturated rings. The maximum Gasteiger partial charge on any atom is 0.322 e. The lowest BCUT2D eigenvalue weighted by Gasteiger charge is -2.22. The molecule has 1 aromatic heterocycles. The summed E-state index contributed by atoms with van der Waals surface area (Å²) in [5.41, 5.74) is 0.728. The number of anilines is 1. The molecule has 2 N–H and O–H groups in total. The van der Waals surface area contributed by atoms with E-state index in [0.717, 1.165) is 18.5 Å². The fourth-order valence-electron chi connectivity index (χ4n) is 2.12. The largest absolute Gasteiger partial charge is 0.396 e. The van der Waals surface area contributed by atoms with Crippen LogP contribution in [0.25, 0.3) is 0 Å². The molecule has 0 saturated heterocycles. The topological polar surface area (TPSA) is 78.4 Å². The zero-order valence-electron chi connectivity index (χ0n) is 13.2. The molecule has 1 aliphatic carbocycles. The number of nitrogens with zero attached hydrogens (tertiary/aromatic N) is 3. The highest BCUT2D eigenvalue weighted by Gasteiger charge is 2.43. The lowest BCUT2D eigenvalue weighted by molar-refractivity contribution is 0.168. The van der Waals surface area contributed by atoms with Crippen LogP contribution < -0.4 is 5.32 Å². The Kier molecular flexibility index (Phi) is 4.18. The summed E-state index contributed by atoms with van der Waals surface area (Å²) in [6.07, 6.45) is 1.95. The lowest BCUT2D eigenvalue weighted by Crippen LogP contribution is -2.37. The number of amides is 2. The summed E-state index contributed by atoms with van der Waals surface area (Å²) < 4.78 is 0. The fraction of sp³-hybridized carbons (Fsp3) is 0.667. The average molecular weight is 292 g/mol. The molecule has 1 heterocycles. The molecule has 21 heavy (non-hydrogen) atoms. The number of carbonyl (C=O) groups excluding carboxylic acids is 1. The molecular weight excluding hydrogens is 268 g/mol. The highest BCUT2D eigenvalue weighted by Crippen LogP contribution is 2.45. The third-order valence-corrected chi connectivity index (χ3v) is 3.88. The van der Waals surface area contributed by atoms with Crippen molar-refractivity contribution in [2.24, 2.45) is 5.41 Å². The minimum atomic E-state index is -0.229.